The smallest absolute Gasteiger partial charge is 0.326 e. The lowest BCUT2D eigenvalue weighted by atomic mass is 10.1. The van der Waals surface area contributed by atoms with Crippen molar-refractivity contribution >= 4 is 17.8 Å². The van der Waals surface area contributed by atoms with E-state index in [-0.39, 0.29) is 17.9 Å². The molecule has 2 N–H and O–H groups in total. The summed E-state index contributed by atoms with van der Waals surface area (Å²) in [5.74, 6) is -1.47. The van der Waals surface area contributed by atoms with Crippen LogP contribution in [0, 0.1) is 0 Å². The number of carboxylic acids is 1. The molecule has 0 spiro atoms. The van der Waals surface area contributed by atoms with Gasteiger partial charge in [-0.3, -0.25) is 9.59 Å². The van der Waals surface area contributed by atoms with E-state index in [4.69, 9.17) is 5.11 Å². The molecule has 6 nitrogen and oxygen atoms in total. The number of aliphatic carboxylic acids is 1. The van der Waals surface area contributed by atoms with Crippen molar-refractivity contribution in [1.82, 2.24) is 10.2 Å². The average molecular weight is 304 g/mol. The maximum atomic E-state index is 12.4. The van der Waals surface area contributed by atoms with Gasteiger partial charge in [-0.15, -0.1) is 0 Å². The van der Waals surface area contributed by atoms with Gasteiger partial charge in [0, 0.05) is 23.7 Å². The fourth-order valence-electron chi connectivity index (χ4n) is 2.54. The highest BCUT2D eigenvalue weighted by Crippen LogP contribution is 2.20. The van der Waals surface area contributed by atoms with E-state index < -0.39 is 12.0 Å². The molecule has 1 aromatic rings. The summed E-state index contributed by atoms with van der Waals surface area (Å²) in [6.45, 7) is 4.19. The second-order valence-corrected chi connectivity index (χ2v) is 5.70. The Morgan fingerprint density at radius 1 is 1.18 bits per heavy atom. The zero-order chi connectivity index (χ0) is 16.3. The molecule has 0 aromatic heterocycles. The van der Waals surface area contributed by atoms with Gasteiger partial charge in [-0.25, -0.2) is 4.79 Å². The molecule has 0 saturated carbocycles. The molecule has 1 fully saturated rings. The van der Waals surface area contributed by atoms with Crippen molar-refractivity contribution in [3.8, 4) is 0 Å². The number of benzene rings is 1. The minimum Gasteiger partial charge on any atom is -0.480 e. The Morgan fingerprint density at radius 2 is 1.77 bits per heavy atom. The molecule has 118 valence electrons. The third-order valence-corrected chi connectivity index (χ3v) is 3.61. The number of carbonyl (C=O) groups is 3. The summed E-state index contributed by atoms with van der Waals surface area (Å²) in [4.78, 5) is 36.8. The number of rotatable bonds is 4. The summed E-state index contributed by atoms with van der Waals surface area (Å²) in [5.41, 5.74) is 0.871. The summed E-state index contributed by atoms with van der Waals surface area (Å²) in [5, 5.41) is 11.9. The predicted molar refractivity (Wildman–Crippen MR) is 80.7 cm³/mol. The third kappa shape index (κ3) is 3.44. The molecule has 0 bridgehead atoms. The Kier molecular flexibility index (Phi) is 4.80. The highest BCUT2D eigenvalue weighted by molar-refractivity contribution is 5.99. The van der Waals surface area contributed by atoms with Gasteiger partial charge < -0.3 is 15.3 Å². The second-order valence-electron chi connectivity index (χ2n) is 5.70. The lowest BCUT2D eigenvalue weighted by Crippen LogP contribution is -2.40. The lowest BCUT2D eigenvalue weighted by molar-refractivity contribution is -0.141. The van der Waals surface area contributed by atoms with Crippen LogP contribution in [0.3, 0.4) is 0 Å². The van der Waals surface area contributed by atoms with Gasteiger partial charge in [-0.2, -0.15) is 0 Å². The van der Waals surface area contributed by atoms with E-state index in [0.29, 0.717) is 30.5 Å². The van der Waals surface area contributed by atoms with Crippen LogP contribution >= 0.6 is 0 Å². The van der Waals surface area contributed by atoms with E-state index in [1.165, 1.54) is 4.90 Å². The van der Waals surface area contributed by atoms with E-state index in [2.05, 4.69) is 5.32 Å². The largest absolute Gasteiger partial charge is 0.480 e. The summed E-state index contributed by atoms with van der Waals surface area (Å²) in [7, 11) is 0. The molecule has 1 aliphatic heterocycles. The molecule has 1 saturated heterocycles. The lowest BCUT2D eigenvalue weighted by Gasteiger charge is -2.21. The van der Waals surface area contributed by atoms with Crippen molar-refractivity contribution in [3.63, 3.8) is 0 Å². The molecule has 2 amide bonds. The standard InChI is InChI=1S/C16H20N2O4/c1-10(2)17-14(19)11-5-7-12(8-6-11)15(20)18-9-3-4-13(18)16(21)22/h5-8,10,13H,3-4,9H2,1-2H3,(H,17,19)(H,21,22)/t13-/m1/s1. The normalized spacial score (nSPS) is 17.6. The van der Waals surface area contributed by atoms with Crippen molar-refractivity contribution in [2.75, 3.05) is 6.54 Å². The van der Waals surface area contributed by atoms with Crippen molar-refractivity contribution in [2.24, 2.45) is 0 Å². The molecule has 1 aliphatic rings. The van der Waals surface area contributed by atoms with Gasteiger partial charge >= 0.3 is 5.97 Å². The van der Waals surface area contributed by atoms with E-state index in [0.717, 1.165) is 0 Å². The summed E-state index contributed by atoms with van der Waals surface area (Å²) in [6.07, 6.45) is 1.17. The third-order valence-electron chi connectivity index (χ3n) is 3.61. The van der Waals surface area contributed by atoms with Crippen molar-refractivity contribution in [1.29, 1.82) is 0 Å². The van der Waals surface area contributed by atoms with Gasteiger partial charge in [0.05, 0.1) is 0 Å². The van der Waals surface area contributed by atoms with Crippen LogP contribution in [0.1, 0.15) is 47.4 Å². The number of likely N-dealkylation sites (tertiary alicyclic amines) is 1. The van der Waals surface area contributed by atoms with Crippen LogP contribution in [0.15, 0.2) is 24.3 Å². The molecule has 0 aliphatic carbocycles. The van der Waals surface area contributed by atoms with Crippen LogP contribution in [0.5, 0.6) is 0 Å². The summed E-state index contributed by atoms with van der Waals surface area (Å²) < 4.78 is 0. The molecular formula is C16H20N2O4. The van der Waals surface area contributed by atoms with Crippen LogP contribution in [0.4, 0.5) is 0 Å². The fraction of sp³-hybridized carbons (Fsp3) is 0.438. The van der Waals surface area contributed by atoms with Crippen LogP contribution in [-0.4, -0.2) is 46.4 Å². The monoisotopic (exact) mass is 304 g/mol. The zero-order valence-corrected chi connectivity index (χ0v) is 12.7. The molecule has 1 aromatic carbocycles. The number of hydrogen-bond acceptors (Lipinski definition) is 3. The van der Waals surface area contributed by atoms with Crippen molar-refractivity contribution < 1.29 is 19.5 Å². The minimum absolute atomic E-state index is 0.0368. The Hall–Kier alpha value is -2.37. The number of carboxylic acid groups (broad SMARTS) is 1. The van der Waals surface area contributed by atoms with E-state index in [1.807, 2.05) is 13.8 Å². The van der Waals surface area contributed by atoms with Gasteiger partial charge in [0.1, 0.15) is 6.04 Å². The maximum Gasteiger partial charge on any atom is 0.326 e. The SMILES string of the molecule is CC(C)NC(=O)c1ccc(C(=O)N2CCC[C@@H]2C(=O)O)cc1. The quantitative estimate of drug-likeness (QED) is 0.883. The molecule has 6 heteroatoms. The van der Waals surface area contributed by atoms with Gasteiger partial charge in [0.15, 0.2) is 0 Å². The predicted octanol–water partition coefficient (Wildman–Crippen LogP) is 1.51. The van der Waals surface area contributed by atoms with Crippen LogP contribution in [-0.2, 0) is 4.79 Å². The van der Waals surface area contributed by atoms with E-state index >= 15 is 0 Å². The highest BCUT2D eigenvalue weighted by atomic mass is 16.4. The van der Waals surface area contributed by atoms with Crippen LogP contribution in [0.25, 0.3) is 0 Å². The molecule has 0 radical (unpaired) electrons. The number of nitrogens with one attached hydrogen (secondary N) is 1. The first kappa shape index (κ1) is 16.0. The number of amides is 2. The van der Waals surface area contributed by atoms with Gasteiger partial charge in [-0.05, 0) is 51.0 Å². The van der Waals surface area contributed by atoms with Crippen LogP contribution in [0.2, 0.25) is 0 Å². The molecule has 1 atom stereocenters. The minimum atomic E-state index is -0.973. The molecule has 2 rings (SSSR count). The number of nitrogens with zero attached hydrogens (tertiary/aromatic N) is 1. The average Bonchev–Trinajstić information content (AvgIpc) is 2.95. The Balaban J connectivity index is 2.11. The van der Waals surface area contributed by atoms with Gasteiger partial charge in [0.25, 0.3) is 11.8 Å². The molecule has 22 heavy (non-hydrogen) atoms. The molecule has 1 heterocycles. The molecule has 0 unspecified atom stereocenters. The Labute approximate surface area is 129 Å². The first-order valence-corrected chi connectivity index (χ1v) is 7.35. The summed E-state index contributed by atoms with van der Waals surface area (Å²) >= 11 is 0. The highest BCUT2D eigenvalue weighted by Gasteiger charge is 2.34. The molecular weight excluding hydrogens is 284 g/mol. The number of hydrogen-bond donors (Lipinski definition) is 2. The first-order chi connectivity index (χ1) is 10.4. The topological polar surface area (TPSA) is 86.7 Å². The maximum absolute atomic E-state index is 12.4. The second kappa shape index (κ2) is 6.60. The first-order valence-electron chi connectivity index (χ1n) is 7.35. The van der Waals surface area contributed by atoms with E-state index in [1.54, 1.807) is 24.3 Å². The fourth-order valence-corrected chi connectivity index (χ4v) is 2.54. The number of carbonyl (C=O) groups excluding carboxylic acids is 2. The van der Waals surface area contributed by atoms with Gasteiger partial charge in [-0.1, -0.05) is 0 Å². The van der Waals surface area contributed by atoms with Gasteiger partial charge in [0.2, 0.25) is 0 Å². The van der Waals surface area contributed by atoms with Crippen molar-refractivity contribution in [2.45, 2.75) is 38.8 Å². The van der Waals surface area contributed by atoms with E-state index in [9.17, 15) is 14.4 Å². The van der Waals surface area contributed by atoms with Crippen molar-refractivity contribution in [3.05, 3.63) is 35.4 Å². The summed E-state index contributed by atoms with van der Waals surface area (Å²) in [6, 6.07) is 5.57. The van der Waals surface area contributed by atoms with Crippen LogP contribution < -0.4 is 5.32 Å². The Bertz CT molecular complexity index is 580. The Morgan fingerprint density at radius 3 is 2.32 bits per heavy atom. The zero-order valence-electron chi connectivity index (χ0n) is 12.7.